The van der Waals surface area contributed by atoms with E-state index in [4.69, 9.17) is 4.74 Å². The first-order valence-electron chi connectivity index (χ1n) is 14.3. The molecule has 2 aliphatic heterocycles. The van der Waals surface area contributed by atoms with Crippen molar-refractivity contribution in [2.24, 2.45) is 5.41 Å². The van der Waals surface area contributed by atoms with Gasteiger partial charge in [0.05, 0.1) is 7.11 Å². The largest absolute Gasteiger partial charge is 0.495 e. The van der Waals surface area contributed by atoms with E-state index in [-0.39, 0.29) is 28.8 Å². The molecule has 0 radical (unpaired) electrons. The molecule has 2 bridgehead atoms. The first-order valence-corrected chi connectivity index (χ1v) is 15.8. The van der Waals surface area contributed by atoms with E-state index in [0.717, 1.165) is 22.9 Å². The lowest BCUT2D eigenvalue weighted by molar-refractivity contribution is -0.138. The highest BCUT2D eigenvalue weighted by Gasteiger charge is 2.48. The molecule has 10 nitrogen and oxygen atoms in total. The molecule has 2 saturated heterocycles. The van der Waals surface area contributed by atoms with Crippen molar-refractivity contribution in [1.82, 2.24) is 24.4 Å². The molecule has 3 atom stereocenters. The van der Waals surface area contributed by atoms with E-state index in [9.17, 15) is 18.0 Å². The van der Waals surface area contributed by atoms with Gasteiger partial charge in [0, 0.05) is 56.2 Å². The lowest BCUT2D eigenvalue weighted by Gasteiger charge is -2.39. The number of amides is 2. The van der Waals surface area contributed by atoms with Crippen LogP contribution in [-0.2, 0) is 14.8 Å². The fourth-order valence-electron chi connectivity index (χ4n) is 6.06. The third kappa shape index (κ3) is 5.77. The van der Waals surface area contributed by atoms with Gasteiger partial charge in [-0.15, -0.1) is 0 Å². The van der Waals surface area contributed by atoms with Crippen molar-refractivity contribution in [1.29, 1.82) is 0 Å². The van der Waals surface area contributed by atoms with Gasteiger partial charge in [-0.25, -0.2) is 8.42 Å². The molecule has 5 rings (SSSR count). The lowest BCUT2D eigenvalue weighted by Crippen LogP contribution is -2.59. The first kappa shape index (κ1) is 30.1. The molecule has 3 aromatic rings. The second-order valence-electron chi connectivity index (χ2n) is 12.6. The Bertz CT molecular complexity index is 1560. The highest BCUT2D eigenvalue weighted by atomic mass is 32.2. The molecule has 3 heterocycles. The van der Waals surface area contributed by atoms with Crippen LogP contribution >= 0.6 is 0 Å². The monoisotopic (exact) mass is 595 g/mol. The molecule has 0 aliphatic carbocycles. The summed E-state index contributed by atoms with van der Waals surface area (Å²) in [6.45, 7) is 9.84. The van der Waals surface area contributed by atoms with Crippen molar-refractivity contribution in [2.75, 3.05) is 40.3 Å². The van der Waals surface area contributed by atoms with Crippen LogP contribution in [-0.4, -0.2) is 97.8 Å². The van der Waals surface area contributed by atoms with E-state index >= 15 is 0 Å². The smallest absolute Gasteiger partial charge is 0.268 e. The summed E-state index contributed by atoms with van der Waals surface area (Å²) in [5.41, 5.74) is 1.65. The number of aromatic amines is 1. The number of para-hydroxylation sites is 1. The number of sulfonamides is 1. The number of carbonyl (C=O) groups is 2. The average molecular weight is 596 g/mol. The molecule has 2 amide bonds. The van der Waals surface area contributed by atoms with Gasteiger partial charge in [-0.2, -0.15) is 4.31 Å². The van der Waals surface area contributed by atoms with Crippen LogP contribution < -0.4 is 10.1 Å². The third-order valence-electron chi connectivity index (χ3n) is 8.51. The van der Waals surface area contributed by atoms with Gasteiger partial charge in [0.25, 0.3) is 5.91 Å². The minimum Gasteiger partial charge on any atom is -0.495 e. The van der Waals surface area contributed by atoms with Gasteiger partial charge in [-0.05, 0) is 48.6 Å². The summed E-state index contributed by atoms with van der Waals surface area (Å²) in [6.07, 6.45) is 0.834. The quantitative estimate of drug-likeness (QED) is 0.393. The zero-order valence-corrected chi connectivity index (χ0v) is 26.0. The number of piperazine rings is 1. The number of fused-ring (bicyclic) bond motifs is 3. The molecule has 2 aromatic carbocycles. The topological polar surface area (TPSA) is 115 Å². The maximum absolute atomic E-state index is 13.9. The minimum atomic E-state index is -3.73. The van der Waals surface area contributed by atoms with E-state index in [0.29, 0.717) is 37.6 Å². The molecular formula is C31H41N5O5S. The Balaban J connectivity index is 1.21. The Labute approximate surface area is 248 Å². The summed E-state index contributed by atoms with van der Waals surface area (Å²) >= 11 is 0. The fraction of sp³-hybridized carbons (Fsp3) is 0.484. The van der Waals surface area contributed by atoms with Gasteiger partial charge >= 0.3 is 0 Å². The number of nitrogens with one attached hydrogen (secondary N) is 2. The Kier molecular flexibility index (Phi) is 8.12. The molecule has 2 aliphatic rings. The molecule has 1 aromatic heterocycles. The molecule has 11 heteroatoms. The van der Waals surface area contributed by atoms with E-state index in [1.807, 2.05) is 62.9 Å². The van der Waals surface area contributed by atoms with Gasteiger partial charge in [0.2, 0.25) is 15.9 Å². The lowest BCUT2D eigenvalue weighted by atomic mass is 9.85. The number of H-pyrrole nitrogens is 1. The van der Waals surface area contributed by atoms with Crippen LogP contribution in [0.25, 0.3) is 10.9 Å². The maximum Gasteiger partial charge on any atom is 0.268 e. The van der Waals surface area contributed by atoms with E-state index in [1.54, 1.807) is 25.2 Å². The summed E-state index contributed by atoms with van der Waals surface area (Å²) in [7, 11) is -0.674. The number of hydrogen-bond donors (Lipinski definition) is 2. The van der Waals surface area contributed by atoms with Crippen molar-refractivity contribution in [2.45, 2.75) is 57.1 Å². The van der Waals surface area contributed by atoms with E-state index in [1.165, 1.54) is 11.4 Å². The summed E-state index contributed by atoms with van der Waals surface area (Å²) in [5.74, 6) is -0.0582. The predicted octanol–water partition coefficient (Wildman–Crippen LogP) is 3.24. The number of likely N-dealkylation sites (N-methyl/N-ethyl adjacent to an activating group) is 1. The SMILES string of the molecule is COc1ccc(C)cc1S(=O)(=O)N(C)CCN1C[C@@H]2C[C@H]1CN2C(=O)[C@@H](NC(=O)c1cc2ccccc2[nH]1)C(C)(C)C. The highest BCUT2D eigenvalue weighted by molar-refractivity contribution is 7.89. The number of rotatable bonds is 9. The number of hydrogen-bond acceptors (Lipinski definition) is 6. The fourth-order valence-corrected chi connectivity index (χ4v) is 7.45. The van der Waals surface area contributed by atoms with Crippen LogP contribution in [0.15, 0.2) is 53.4 Å². The molecular weight excluding hydrogens is 554 g/mol. The number of aromatic nitrogens is 1. The summed E-state index contributed by atoms with van der Waals surface area (Å²) in [4.78, 5) is 34.5. The number of carbonyl (C=O) groups excluding carboxylic acids is 2. The van der Waals surface area contributed by atoms with Crippen LogP contribution in [0.1, 0.15) is 43.2 Å². The van der Waals surface area contributed by atoms with Crippen LogP contribution in [0.5, 0.6) is 5.75 Å². The molecule has 2 N–H and O–H groups in total. The Morgan fingerprint density at radius 1 is 1.12 bits per heavy atom. The van der Waals surface area contributed by atoms with Gasteiger partial charge in [0.1, 0.15) is 22.4 Å². The van der Waals surface area contributed by atoms with Crippen LogP contribution in [0, 0.1) is 12.3 Å². The molecule has 2 fully saturated rings. The second-order valence-corrected chi connectivity index (χ2v) is 14.6. The number of likely N-dealkylation sites (tertiary alicyclic amines) is 2. The predicted molar refractivity (Wildman–Crippen MR) is 162 cm³/mol. The minimum absolute atomic E-state index is 0.0242. The molecule has 0 spiro atoms. The highest BCUT2D eigenvalue weighted by Crippen LogP contribution is 2.34. The van der Waals surface area contributed by atoms with Gasteiger partial charge in [-0.1, -0.05) is 45.0 Å². The maximum atomic E-state index is 13.9. The molecule has 226 valence electrons. The van der Waals surface area contributed by atoms with Crippen LogP contribution in [0.2, 0.25) is 0 Å². The number of nitrogens with zero attached hydrogens (tertiary/aromatic N) is 3. The van der Waals surface area contributed by atoms with Crippen molar-refractivity contribution < 1.29 is 22.7 Å². The average Bonchev–Trinajstić information content (AvgIpc) is 3.67. The number of aryl methyl sites for hydroxylation is 1. The van der Waals surface area contributed by atoms with Gasteiger partial charge in [-0.3, -0.25) is 14.5 Å². The zero-order chi connectivity index (χ0) is 30.4. The van der Waals surface area contributed by atoms with Gasteiger partial charge in [0.15, 0.2) is 0 Å². The Hall–Kier alpha value is -3.41. The standard InChI is InChI=1S/C31H41N5O5S/c1-20-11-12-26(41-6)27(15-20)42(39,40)34(5)13-14-35-18-23-17-22(35)19-36(23)30(38)28(31(2,3)4)33-29(37)25-16-21-9-7-8-10-24(21)32-25/h7-12,15-16,22-23,28,32H,13-14,17-19H2,1-6H3,(H,33,37)/t22-,23-,28+/m0/s1. The number of ether oxygens (including phenoxy) is 1. The third-order valence-corrected chi connectivity index (χ3v) is 10.4. The van der Waals surface area contributed by atoms with Crippen molar-refractivity contribution in [3.8, 4) is 5.75 Å². The molecule has 0 saturated carbocycles. The number of methoxy groups -OCH3 is 1. The number of benzene rings is 2. The van der Waals surface area contributed by atoms with E-state index in [2.05, 4.69) is 15.2 Å². The molecule has 42 heavy (non-hydrogen) atoms. The van der Waals surface area contributed by atoms with Crippen LogP contribution in [0.4, 0.5) is 0 Å². The first-order chi connectivity index (χ1) is 19.8. The Morgan fingerprint density at radius 2 is 1.86 bits per heavy atom. The zero-order valence-electron chi connectivity index (χ0n) is 25.2. The Morgan fingerprint density at radius 3 is 2.50 bits per heavy atom. The van der Waals surface area contributed by atoms with Gasteiger partial charge < -0.3 is 19.9 Å². The second kappa shape index (κ2) is 11.3. The van der Waals surface area contributed by atoms with Crippen molar-refractivity contribution >= 4 is 32.7 Å². The summed E-state index contributed by atoms with van der Waals surface area (Å²) in [6, 6.07) is 14.1. The van der Waals surface area contributed by atoms with Crippen molar-refractivity contribution in [3.63, 3.8) is 0 Å². The summed E-state index contributed by atoms with van der Waals surface area (Å²) in [5, 5.41) is 3.95. The van der Waals surface area contributed by atoms with Crippen LogP contribution in [0.3, 0.4) is 0 Å². The van der Waals surface area contributed by atoms with Crippen molar-refractivity contribution in [3.05, 3.63) is 59.8 Å². The normalized spacial score (nSPS) is 19.9. The van der Waals surface area contributed by atoms with E-state index < -0.39 is 21.5 Å². The summed E-state index contributed by atoms with van der Waals surface area (Å²) < 4.78 is 33.3. The molecule has 0 unspecified atom stereocenters.